The van der Waals surface area contributed by atoms with Crippen molar-refractivity contribution in [1.82, 2.24) is 4.98 Å². The average Bonchev–Trinajstić information content (AvgIpc) is 2.80. The largest absolute Gasteiger partial charge is 0.573 e. The van der Waals surface area contributed by atoms with Crippen molar-refractivity contribution in [3.63, 3.8) is 0 Å². The predicted octanol–water partition coefficient (Wildman–Crippen LogP) is 5.35. The third-order valence-electron chi connectivity index (χ3n) is 4.54. The predicted molar refractivity (Wildman–Crippen MR) is 112 cm³/mol. The summed E-state index contributed by atoms with van der Waals surface area (Å²) in [6.45, 7) is 0. The van der Waals surface area contributed by atoms with E-state index >= 15 is 4.39 Å². The Kier molecular flexibility index (Phi) is 7.74. The quantitative estimate of drug-likeness (QED) is 0.378. The minimum absolute atomic E-state index is 0.126. The maximum absolute atomic E-state index is 15.0. The standard InChI is InChI=1S/C22H14F7N3O5/c1-35-18-14(5-4-13(17(18)24)37-22(27,28)29)36-12-3-2-10(19(25)26)16(23)15(12)21(34)32-9-6-7-31-11(8-9)20(30)33/h2-8,19H,1H3,(H2,30,33)(H,31,32,34). The number of aromatic nitrogens is 1. The van der Waals surface area contributed by atoms with Gasteiger partial charge in [0, 0.05) is 11.9 Å². The summed E-state index contributed by atoms with van der Waals surface area (Å²) < 4.78 is 107. The zero-order valence-electron chi connectivity index (χ0n) is 18.3. The van der Waals surface area contributed by atoms with Crippen LogP contribution in [0.1, 0.15) is 32.8 Å². The summed E-state index contributed by atoms with van der Waals surface area (Å²) in [5, 5.41) is 2.16. The molecule has 1 aromatic heterocycles. The number of hydrogen-bond acceptors (Lipinski definition) is 6. The second kappa shape index (κ2) is 10.6. The number of anilines is 1. The van der Waals surface area contributed by atoms with Crippen LogP contribution in [0.15, 0.2) is 42.6 Å². The first kappa shape index (κ1) is 27.0. The summed E-state index contributed by atoms with van der Waals surface area (Å²) in [6.07, 6.45) is -7.51. The number of primary amides is 1. The normalized spacial score (nSPS) is 11.3. The molecule has 0 aliphatic heterocycles. The van der Waals surface area contributed by atoms with Gasteiger partial charge in [0.05, 0.1) is 12.7 Å². The summed E-state index contributed by atoms with van der Waals surface area (Å²) in [4.78, 5) is 27.8. The number of carbonyl (C=O) groups is 2. The van der Waals surface area contributed by atoms with Crippen LogP contribution < -0.4 is 25.3 Å². The number of nitrogens with one attached hydrogen (secondary N) is 1. The lowest BCUT2D eigenvalue weighted by Crippen LogP contribution is -2.18. The Bertz CT molecular complexity index is 1350. The van der Waals surface area contributed by atoms with E-state index in [1.54, 1.807) is 0 Å². The zero-order valence-corrected chi connectivity index (χ0v) is 18.3. The van der Waals surface area contributed by atoms with Gasteiger partial charge in [-0.1, -0.05) is 0 Å². The van der Waals surface area contributed by atoms with Crippen molar-refractivity contribution in [2.24, 2.45) is 5.73 Å². The lowest BCUT2D eigenvalue weighted by Gasteiger charge is -2.17. The lowest BCUT2D eigenvalue weighted by atomic mass is 10.1. The van der Waals surface area contributed by atoms with Crippen LogP contribution in [0.4, 0.5) is 36.4 Å². The number of pyridine rings is 1. The second-order valence-electron chi connectivity index (χ2n) is 6.95. The molecule has 0 saturated heterocycles. The van der Waals surface area contributed by atoms with Gasteiger partial charge in [0.15, 0.2) is 11.5 Å². The fourth-order valence-corrected chi connectivity index (χ4v) is 2.99. The van der Waals surface area contributed by atoms with E-state index in [0.717, 1.165) is 31.5 Å². The number of amides is 2. The van der Waals surface area contributed by atoms with E-state index in [-0.39, 0.29) is 11.4 Å². The van der Waals surface area contributed by atoms with Gasteiger partial charge in [-0.3, -0.25) is 14.6 Å². The van der Waals surface area contributed by atoms with Gasteiger partial charge in [-0.25, -0.2) is 13.2 Å². The Morgan fingerprint density at radius 2 is 1.65 bits per heavy atom. The van der Waals surface area contributed by atoms with E-state index in [4.69, 9.17) is 15.2 Å². The molecule has 2 amide bonds. The van der Waals surface area contributed by atoms with Crippen LogP contribution >= 0.6 is 0 Å². The van der Waals surface area contributed by atoms with Gasteiger partial charge in [-0.15, -0.1) is 13.2 Å². The van der Waals surface area contributed by atoms with Gasteiger partial charge >= 0.3 is 6.36 Å². The molecule has 0 aliphatic carbocycles. The van der Waals surface area contributed by atoms with Crippen LogP contribution in [0.5, 0.6) is 23.0 Å². The van der Waals surface area contributed by atoms with E-state index in [1.165, 1.54) is 6.07 Å². The molecule has 1 heterocycles. The van der Waals surface area contributed by atoms with Gasteiger partial charge in [-0.2, -0.15) is 4.39 Å². The number of hydrogen-bond donors (Lipinski definition) is 2. The van der Waals surface area contributed by atoms with Crippen LogP contribution in [-0.2, 0) is 0 Å². The number of carbonyl (C=O) groups excluding carboxylic acids is 2. The highest BCUT2D eigenvalue weighted by molar-refractivity contribution is 6.07. The molecule has 15 heteroatoms. The van der Waals surface area contributed by atoms with Crippen LogP contribution in [0.3, 0.4) is 0 Å². The zero-order chi connectivity index (χ0) is 27.5. The fraction of sp³-hybridized carbons (Fsp3) is 0.136. The van der Waals surface area contributed by atoms with E-state index in [1.807, 2.05) is 0 Å². The third-order valence-corrected chi connectivity index (χ3v) is 4.54. The SMILES string of the molecule is COc1c(Oc2ccc(C(F)F)c(F)c2C(=O)Nc2ccnc(C(N)=O)c2)ccc(OC(F)(F)F)c1F. The summed E-state index contributed by atoms with van der Waals surface area (Å²) in [5.41, 5.74) is 2.44. The molecule has 196 valence electrons. The Morgan fingerprint density at radius 1 is 1.00 bits per heavy atom. The number of rotatable bonds is 8. The summed E-state index contributed by atoms with van der Waals surface area (Å²) in [5.74, 6) is -9.23. The highest BCUT2D eigenvalue weighted by Crippen LogP contribution is 2.41. The molecular weight excluding hydrogens is 519 g/mol. The van der Waals surface area contributed by atoms with E-state index in [0.29, 0.717) is 12.1 Å². The molecule has 0 radical (unpaired) electrons. The summed E-state index contributed by atoms with van der Waals surface area (Å²) in [6, 6.07) is 4.83. The smallest absolute Gasteiger partial charge is 0.490 e. The van der Waals surface area contributed by atoms with Crippen molar-refractivity contribution < 1.29 is 54.5 Å². The van der Waals surface area contributed by atoms with Crippen molar-refractivity contribution >= 4 is 17.5 Å². The van der Waals surface area contributed by atoms with E-state index < -0.39 is 70.4 Å². The molecule has 0 aliphatic rings. The first-order valence-electron chi connectivity index (χ1n) is 9.80. The van der Waals surface area contributed by atoms with Crippen LogP contribution in [0, 0.1) is 11.6 Å². The fourth-order valence-electron chi connectivity index (χ4n) is 2.99. The molecule has 3 N–H and O–H groups in total. The van der Waals surface area contributed by atoms with Gasteiger partial charge < -0.3 is 25.3 Å². The molecule has 8 nitrogen and oxygen atoms in total. The number of benzene rings is 2. The molecule has 3 rings (SSSR count). The molecule has 3 aromatic rings. The Hall–Kier alpha value is -4.56. The molecule has 0 bridgehead atoms. The van der Waals surface area contributed by atoms with Crippen molar-refractivity contribution in [3.05, 3.63) is 71.1 Å². The van der Waals surface area contributed by atoms with Gasteiger partial charge in [0.25, 0.3) is 18.2 Å². The molecule has 0 atom stereocenters. The van der Waals surface area contributed by atoms with Crippen molar-refractivity contribution in [2.45, 2.75) is 12.8 Å². The minimum Gasteiger partial charge on any atom is -0.490 e. The number of nitrogens with zero attached hydrogens (tertiary/aromatic N) is 1. The first-order chi connectivity index (χ1) is 17.3. The monoisotopic (exact) mass is 533 g/mol. The number of ether oxygens (including phenoxy) is 3. The maximum atomic E-state index is 15.0. The Balaban J connectivity index is 2.06. The van der Waals surface area contributed by atoms with Crippen LogP contribution in [0.25, 0.3) is 0 Å². The van der Waals surface area contributed by atoms with Crippen LogP contribution in [0.2, 0.25) is 0 Å². The number of alkyl halides is 5. The summed E-state index contributed by atoms with van der Waals surface area (Å²) >= 11 is 0. The van der Waals surface area contributed by atoms with Gasteiger partial charge in [0.1, 0.15) is 22.8 Å². The minimum atomic E-state index is -5.24. The van der Waals surface area contributed by atoms with Crippen molar-refractivity contribution in [1.29, 1.82) is 0 Å². The molecule has 0 fully saturated rings. The van der Waals surface area contributed by atoms with Gasteiger partial charge in [-0.05, 0) is 36.4 Å². The maximum Gasteiger partial charge on any atom is 0.573 e. The molecule has 0 saturated carbocycles. The molecule has 37 heavy (non-hydrogen) atoms. The second-order valence-corrected chi connectivity index (χ2v) is 6.95. The van der Waals surface area contributed by atoms with Crippen molar-refractivity contribution in [2.75, 3.05) is 12.4 Å². The van der Waals surface area contributed by atoms with Crippen molar-refractivity contribution in [3.8, 4) is 23.0 Å². The average molecular weight is 533 g/mol. The highest BCUT2D eigenvalue weighted by atomic mass is 19.4. The molecular formula is C22H14F7N3O5. The topological polar surface area (TPSA) is 113 Å². The lowest BCUT2D eigenvalue weighted by molar-refractivity contribution is -0.275. The van der Waals surface area contributed by atoms with E-state index in [9.17, 15) is 35.9 Å². The first-order valence-corrected chi connectivity index (χ1v) is 9.80. The third kappa shape index (κ3) is 6.17. The molecule has 2 aromatic carbocycles. The van der Waals surface area contributed by atoms with Crippen LogP contribution in [-0.4, -0.2) is 30.3 Å². The Labute approximate surface area is 202 Å². The molecule has 0 spiro atoms. The molecule has 0 unspecified atom stereocenters. The Morgan fingerprint density at radius 3 is 2.24 bits per heavy atom. The highest BCUT2D eigenvalue weighted by Gasteiger charge is 2.34. The van der Waals surface area contributed by atoms with Gasteiger partial charge in [0.2, 0.25) is 11.6 Å². The van der Waals surface area contributed by atoms with E-state index in [2.05, 4.69) is 15.0 Å². The number of methoxy groups -OCH3 is 1. The number of nitrogens with two attached hydrogens (primary N) is 1. The summed E-state index contributed by atoms with van der Waals surface area (Å²) in [7, 11) is 0.872. The number of halogens is 7.